The van der Waals surface area contributed by atoms with E-state index in [1.165, 1.54) is 22.6 Å². The lowest BCUT2D eigenvalue weighted by Crippen LogP contribution is -2.53. The summed E-state index contributed by atoms with van der Waals surface area (Å²) in [5.74, 6) is -0.0844. The first kappa shape index (κ1) is 22.9. The number of carbonyl (C=O) groups is 2. The van der Waals surface area contributed by atoms with Crippen LogP contribution in [-0.2, 0) is 11.2 Å². The Bertz CT molecular complexity index is 1100. The van der Waals surface area contributed by atoms with Crippen molar-refractivity contribution >= 4 is 34.5 Å². The third-order valence-electron chi connectivity index (χ3n) is 5.79. The molecular formula is C25H29N5O2S. The molecule has 1 fully saturated rings. The summed E-state index contributed by atoms with van der Waals surface area (Å²) in [6.45, 7) is 6.58. The number of nitrogens with zero attached hydrogens (tertiary/aromatic N) is 4. The maximum atomic E-state index is 12.8. The van der Waals surface area contributed by atoms with Crippen molar-refractivity contribution in [3.05, 3.63) is 70.2 Å². The van der Waals surface area contributed by atoms with Crippen LogP contribution in [0.1, 0.15) is 40.1 Å². The third kappa shape index (κ3) is 5.96. The minimum Gasteiger partial charge on any atom is -0.365 e. The number of amides is 2. The fourth-order valence-corrected chi connectivity index (χ4v) is 4.85. The second-order valence-corrected chi connectivity index (χ2v) is 9.46. The summed E-state index contributed by atoms with van der Waals surface area (Å²) in [5, 5.41) is 12.1. The van der Waals surface area contributed by atoms with Crippen LogP contribution in [0.5, 0.6) is 0 Å². The highest BCUT2D eigenvalue weighted by Crippen LogP contribution is 2.22. The molecule has 0 saturated carbocycles. The number of hydrogen-bond acceptors (Lipinski definition) is 6. The lowest BCUT2D eigenvalue weighted by molar-refractivity contribution is -0.132. The monoisotopic (exact) mass is 463 g/mol. The molecule has 33 heavy (non-hydrogen) atoms. The summed E-state index contributed by atoms with van der Waals surface area (Å²) in [4.78, 5) is 29.4. The summed E-state index contributed by atoms with van der Waals surface area (Å²) in [6, 6.07) is 18.1. The van der Waals surface area contributed by atoms with Crippen molar-refractivity contribution < 1.29 is 9.59 Å². The number of rotatable bonds is 7. The Labute approximate surface area is 198 Å². The molecule has 1 atom stereocenters. The van der Waals surface area contributed by atoms with E-state index < -0.39 is 0 Å². The zero-order chi connectivity index (χ0) is 23.2. The van der Waals surface area contributed by atoms with Gasteiger partial charge in [0.15, 0.2) is 0 Å². The van der Waals surface area contributed by atoms with Gasteiger partial charge >= 0.3 is 0 Å². The second kappa shape index (κ2) is 10.6. The van der Waals surface area contributed by atoms with E-state index in [2.05, 4.69) is 58.5 Å². The average Bonchev–Trinajstić information content (AvgIpc) is 3.29. The lowest BCUT2D eigenvalue weighted by Gasteiger charge is -2.41. The van der Waals surface area contributed by atoms with Gasteiger partial charge in [-0.3, -0.25) is 9.59 Å². The van der Waals surface area contributed by atoms with Crippen LogP contribution in [0.4, 0.5) is 11.4 Å². The van der Waals surface area contributed by atoms with E-state index in [-0.39, 0.29) is 17.9 Å². The summed E-state index contributed by atoms with van der Waals surface area (Å²) in [7, 11) is 0. The average molecular weight is 464 g/mol. The number of nitrogens with one attached hydrogen (secondary N) is 1. The van der Waals surface area contributed by atoms with Gasteiger partial charge in [-0.1, -0.05) is 41.7 Å². The van der Waals surface area contributed by atoms with Crippen LogP contribution >= 0.6 is 11.3 Å². The van der Waals surface area contributed by atoms with Crippen molar-refractivity contribution in [1.29, 1.82) is 0 Å². The molecule has 0 spiro atoms. The predicted molar refractivity (Wildman–Crippen MR) is 132 cm³/mol. The van der Waals surface area contributed by atoms with Crippen LogP contribution in [0.25, 0.3) is 0 Å². The standard InChI is InChI=1S/C25H29N5O2S/c1-18-8-6-11-21(16-18)30-15-14-29(17-19(30)2)23(31)13-7-12-22-27-28-25(33-22)24(32)26-20-9-4-3-5-10-20/h3-6,8-11,16,19H,7,12-15,17H2,1-2H3,(H,26,32). The number of hydrogen-bond donors (Lipinski definition) is 1. The fraction of sp³-hybridized carbons (Fsp3) is 0.360. The van der Waals surface area contributed by atoms with Crippen molar-refractivity contribution in [2.24, 2.45) is 0 Å². The van der Waals surface area contributed by atoms with E-state index in [9.17, 15) is 9.59 Å². The molecule has 0 bridgehead atoms. The Balaban J connectivity index is 1.23. The predicted octanol–water partition coefficient (Wildman–Crippen LogP) is 4.16. The summed E-state index contributed by atoms with van der Waals surface area (Å²) >= 11 is 1.28. The molecule has 0 aliphatic carbocycles. The van der Waals surface area contributed by atoms with Gasteiger partial charge in [0.25, 0.3) is 5.91 Å². The molecule has 3 aromatic rings. The number of aryl methyl sites for hydroxylation is 2. The third-order valence-corrected chi connectivity index (χ3v) is 6.77. The van der Waals surface area contributed by atoms with E-state index in [0.717, 1.165) is 30.3 Å². The topological polar surface area (TPSA) is 78.4 Å². The summed E-state index contributed by atoms with van der Waals surface area (Å²) in [5.41, 5.74) is 3.19. The minimum absolute atomic E-state index is 0.178. The number of carbonyl (C=O) groups excluding carboxylic acids is 2. The quantitative estimate of drug-likeness (QED) is 0.569. The van der Waals surface area contributed by atoms with Crippen molar-refractivity contribution in [3.63, 3.8) is 0 Å². The Hall–Kier alpha value is -3.26. The van der Waals surface area contributed by atoms with Gasteiger partial charge < -0.3 is 15.1 Å². The van der Waals surface area contributed by atoms with Gasteiger partial charge in [0.1, 0.15) is 5.01 Å². The maximum absolute atomic E-state index is 12.8. The van der Waals surface area contributed by atoms with Gasteiger partial charge in [-0.2, -0.15) is 0 Å². The molecule has 0 radical (unpaired) electrons. The Kier molecular flexibility index (Phi) is 7.34. The van der Waals surface area contributed by atoms with Crippen molar-refractivity contribution in [3.8, 4) is 0 Å². The molecule has 1 aliphatic rings. The first-order valence-electron chi connectivity index (χ1n) is 11.3. The van der Waals surface area contributed by atoms with Crippen molar-refractivity contribution in [2.75, 3.05) is 29.9 Å². The second-order valence-electron chi connectivity index (χ2n) is 8.40. The maximum Gasteiger partial charge on any atom is 0.286 e. The fourth-order valence-electron chi connectivity index (χ4n) is 4.08. The number of para-hydroxylation sites is 1. The number of aromatic nitrogens is 2. The number of benzene rings is 2. The first-order chi connectivity index (χ1) is 16.0. The van der Waals surface area contributed by atoms with Crippen LogP contribution < -0.4 is 10.2 Å². The molecule has 1 aromatic heterocycles. The molecule has 4 rings (SSSR count). The molecule has 7 nitrogen and oxygen atoms in total. The van der Waals surface area contributed by atoms with Gasteiger partial charge in [-0.15, -0.1) is 10.2 Å². The minimum atomic E-state index is -0.263. The Morgan fingerprint density at radius 1 is 1.09 bits per heavy atom. The van der Waals surface area contributed by atoms with Crippen LogP contribution in [0.2, 0.25) is 0 Å². The number of piperazine rings is 1. The van der Waals surface area contributed by atoms with Gasteiger partial charge in [0, 0.05) is 49.9 Å². The van der Waals surface area contributed by atoms with E-state index in [4.69, 9.17) is 0 Å². The van der Waals surface area contributed by atoms with Crippen LogP contribution in [0.3, 0.4) is 0 Å². The molecular weight excluding hydrogens is 434 g/mol. The first-order valence-corrected chi connectivity index (χ1v) is 12.1. The highest BCUT2D eigenvalue weighted by molar-refractivity contribution is 7.13. The van der Waals surface area contributed by atoms with E-state index in [1.54, 1.807) is 0 Å². The largest absolute Gasteiger partial charge is 0.365 e. The van der Waals surface area contributed by atoms with E-state index >= 15 is 0 Å². The molecule has 2 amide bonds. The summed E-state index contributed by atoms with van der Waals surface area (Å²) < 4.78 is 0. The van der Waals surface area contributed by atoms with Gasteiger partial charge in [0.05, 0.1) is 0 Å². The molecule has 1 saturated heterocycles. The van der Waals surface area contributed by atoms with Crippen LogP contribution in [0.15, 0.2) is 54.6 Å². The zero-order valence-electron chi connectivity index (χ0n) is 19.0. The summed E-state index contributed by atoms with van der Waals surface area (Å²) in [6.07, 6.45) is 1.81. The van der Waals surface area contributed by atoms with Crippen molar-refractivity contribution in [2.45, 2.75) is 39.2 Å². The zero-order valence-corrected chi connectivity index (χ0v) is 19.8. The highest BCUT2D eigenvalue weighted by Gasteiger charge is 2.26. The van der Waals surface area contributed by atoms with Gasteiger partial charge in [0.2, 0.25) is 10.9 Å². The SMILES string of the molecule is Cc1cccc(N2CCN(C(=O)CCCc3nnc(C(=O)Nc4ccccc4)s3)CC2C)c1. The highest BCUT2D eigenvalue weighted by atomic mass is 32.1. The van der Waals surface area contributed by atoms with Crippen molar-refractivity contribution in [1.82, 2.24) is 15.1 Å². The Morgan fingerprint density at radius 2 is 1.91 bits per heavy atom. The smallest absolute Gasteiger partial charge is 0.286 e. The van der Waals surface area contributed by atoms with Crippen LogP contribution in [0, 0.1) is 6.92 Å². The number of anilines is 2. The molecule has 1 aliphatic heterocycles. The lowest BCUT2D eigenvalue weighted by atomic mass is 10.1. The normalized spacial score (nSPS) is 16.0. The molecule has 1 N–H and O–H groups in total. The van der Waals surface area contributed by atoms with E-state index in [0.29, 0.717) is 24.3 Å². The van der Waals surface area contributed by atoms with Gasteiger partial charge in [-0.05, 0) is 50.1 Å². The van der Waals surface area contributed by atoms with Gasteiger partial charge in [-0.25, -0.2) is 0 Å². The Morgan fingerprint density at radius 3 is 2.67 bits per heavy atom. The van der Waals surface area contributed by atoms with Crippen LogP contribution in [-0.4, -0.2) is 52.6 Å². The molecule has 2 aromatic carbocycles. The molecule has 172 valence electrons. The molecule has 1 unspecified atom stereocenters. The molecule has 2 heterocycles. The van der Waals surface area contributed by atoms with E-state index in [1.807, 2.05) is 35.2 Å². The molecule has 8 heteroatoms.